The van der Waals surface area contributed by atoms with Crippen molar-refractivity contribution >= 4 is 22.1 Å². The largest absolute Gasteiger partial charge is 0.476 e. The van der Waals surface area contributed by atoms with Gasteiger partial charge in [0.05, 0.1) is 23.1 Å². The molecule has 0 bridgehead atoms. The summed E-state index contributed by atoms with van der Waals surface area (Å²) < 4.78 is 11.0. The van der Waals surface area contributed by atoms with E-state index in [2.05, 4.69) is 66.9 Å². The second-order valence-corrected chi connectivity index (χ2v) is 11.3. The molecule has 0 unspecified atom stereocenters. The first-order valence-corrected chi connectivity index (χ1v) is 16.5. The van der Waals surface area contributed by atoms with E-state index in [0.29, 0.717) is 71.2 Å². The van der Waals surface area contributed by atoms with Crippen molar-refractivity contribution in [2.24, 2.45) is 0 Å². The predicted molar refractivity (Wildman–Crippen MR) is 188 cm³/mol. The maximum atomic E-state index is 9.45. The SMILES string of the molecule is CCCCO.CCCCOc1nnnc2c1c(C#N)cn2Cc1ccccc1.N#Cc1cn(Cc2ccccc2)c2nnnc(-n3cncn3)c12. The number of nitriles is 2. The van der Waals surface area contributed by atoms with E-state index in [1.54, 1.807) is 12.4 Å². The Bertz CT molecular complexity index is 2200. The number of rotatable bonds is 11. The molecular formula is C36H37N13O2. The van der Waals surface area contributed by atoms with Gasteiger partial charge in [0.25, 0.3) is 0 Å². The average Bonchev–Trinajstić information content (AvgIpc) is 3.92. The molecule has 15 heteroatoms. The van der Waals surface area contributed by atoms with Gasteiger partial charge in [0.2, 0.25) is 5.88 Å². The molecule has 0 radical (unpaired) electrons. The Morgan fingerprint density at radius 2 is 1.29 bits per heavy atom. The minimum atomic E-state index is 0.344. The van der Waals surface area contributed by atoms with Crippen LogP contribution in [-0.4, -0.2) is 73.0 Å². The number of aliphatic hydroxyl groups excluding tert-OH is 1. The lowest BCUT2D eigenvalue weighted by molar-refractivity contribution is 0.287. The molecule has 5 heterocycles. The number of hydrogen-bond donors (Lipinski definition) is 1. The molecule has 5 aromatic heterocycles. The van der Waals surface area contributed by atoms with E-state index in [9.17, 15) is 10.5 Å². The van der Waals surface area contributed by atoms with Gasteiger partial charge in [-0.05, 0) is 34.4 Å². The lowest BCUT2D eigenvalue weighted by Gasteiger charge is -2.06. The number of fused-ring (bicyclic) bond motifs is 2. The molecule has 258 valence electrons. The maximum absolute atomic E-state index is 9.45. The minimum Gasteiger partial charge on any atom is -0.476 e. The van der Waals surface area contributed by atoms with E-state index < -0.39 is 0 Å². The molecule has 0 fully saturated rings. The van der Waals surface area contributed by atoms with E-state index in [-0.39, 0.29) is 0 Å². The van der Waals surface area contributed by atoms with Crippen molar-refractivity contribution in [3.8, 4) is 23.8 Å². The van der Waals surface area contributed by atoms with Gasteiger partial charge >= 0.3 is 0 Å². The van der Waals surface area contributed by atoms with Gasteiger partial charge in [-0.25, -0.2) is 9.67 Å². The Kier molecular flexibility index (Phi) is 12.8. The van der Waals surface area contributed by atoms with Crippen LogP contribution in [0.4, 0.5) is 0 Å². The first kappa shape index (κ1) is 35.7. The Hall–Kier alpha value is -6.58. The quantitative estimate of drug-likeness (QED) is 0.179. The van der Waals surface area contributed by atoms with Crippen molar-refractivity contribution in [2.45, 2.75) is 52.6 Å². The van der Waals surface area contributed by atoms with Crippen LogP contribution >= 0.6 is 0 Å². The molecule has 0 saturated heterocycles. The summed E-state index contributed by atoms with van der Waals surface area (Å²) in [5, 5.41) is 56.0. The van der Waals surface area contributed by atoms with Crippen LogP contribution in [0.15, 0.2) is 85.7 Å². The maximum Gasteiger partial charge on any atom is 0.247 e. The van der Waals surface area contributed by atoms with Crippen LogP contribution < -0.4 is 4.74 Å². The smallest absolute Gasteiger partial charge is 0.247 e. The summed E-state index contributed by atoms with van der Waals surface area (Å²) in [6.07, 6.45) is 10.5. The average molecular weight is 684 g/mol. The molecule has 2 aromatic carbocycles. The van der Waals surface area contributed by atoms with E-state index in [4.69, 9.17) is 9.84 Å². The molecule has 0 aliphatic rings. The minimum absolute atomic E-state index is 0.344. The first-order valence-electron chi connectivity index (χ1n) is 16.5. The second-order valence-electron chi connectivity index (χ2n) is 11.3. The molecule has 0 aliphatic heterocycles. The highest BCUT2D eigenvalue weighted by Gasteiger charge is 2.19. The third-order valence-electron chi connectivity index (χ3n) is 7.61. The molecule has 1 N–H and O–H groups in total. The molecule has 0 amide bonds. The van der Waals surface area contributed by atoms with Gasteiger partial charge in [-0.3, -0.25) is 0 Å². The third kappa shape index (κ3) is 8.91. The number of ether oxygens (including phenoxy) is 1. The summed E-state index contributed by atoms with van der Waals surface area (Å²) in [5.41, 5.74) is 4.42. The van der Waals surface area contributed by atoms with E-state index >= 15 is 0 Å². The van der Waals surface area contributed by atoms with Gasteiger partial charge in [-0.2, -0.15) is 15.6 Å². The summed E-state index contributed by atoms with van der Waals surface area (Å²) in [7, 11) is 0. The fourth-order valence-corrected chi connectivity index (χ4v) is 5.07. The molecular weight excluding hydrogens is 646 g/mol. The summed E-state index contributed by atoms with van der Waals surface area (Å²) in [5.74, 6) is 0.822. The van der Waals surface area contributed by atoms with Crippen LogP contribution in [0, 0.1) is 22.7 Å². The van der Waals surface area contributed by atoms with Gasteiger partial charge in [0.1, 0.15) is 30.2 Å². The molecule has 7 rings (SSSR count). The van der Waals surface area contributed by atoms with E-state index in [1.165, 1.54) is 17.3 Å². The summed E-state index contributed by atoms with van der Waals surface area (Å²) in [4.78, 5) is 3.91. The Labute approximate surface area is 294 Å². The Morgan fingerprint density at radius 1 is 0.725 bits per heavy atom. The summed E-state index contributed by atoms with van der Waals surface area (Å²) >= 11 is 0. The lowest BCUT2D eigenvalue weighted by Crippen LogP contribution is -2.05. The fraction of sp³-hybridized carbons (Fsp3) is 0.278. The summed E-state index contributed by atoms with van der Waals surface area (Å²) in [6.45, 7) is 6.25. The van der Waals surface area contributed by atoms with E-state index in [1.807, 2.05) is 69.8 Å². The zero-order valence-electron chi connectivity index (χ0n) is 28.4. The molecule has 0 spiro atoms. The number of aliphatic hydroxyl groups is 1. The van der Waals surface area contributed by atoms with Crippen LogP contribution in [0.2, 0.25) is 0 Å². The molecule has 7 aromatic rings. The zero-order chi connectivity index (χ0) is 35.8. The van der Waals surface area contributed by atoms with Gasteiger partial charge in [0.15, 0.2) is 17.1 Å². The number of benzene rings is 2. The highest BCUT2D eigenvalue weighted by atomic mass is 16.5. The zero-order valence-corrected chi connectivity index (χ0v) is 28.4. The normalized spacial score (nSPS) is 10.5. The standard InChI is InChI=1S/C17H17N5O.C15H10N8.C4H10O/c1-2-3-9-23-17-15-14(10-18)12-22(16(15)19-21-20-17)11-13-7-5-4-6-8-13;16-6-12-8-22(7-11-4-2-1-3-5-11)14-13(12)15(20-21-19-14)23-10-17-9-18-23;1-2-3-4-5/h4-8,12H,2-3,9,11H2,1H3;1-5,8-10H,7H2;5H,2-4H2,1H3. The molecule has 15 nitrogen and oxygen atoms in total. The Balaban J connectivity index is 0.000000175. The monoisotopic (exact) mass is 683 g/mol. The van der Waals surface area contributed by atoms with Crippen LogP contribution in [0.1, 0.15) is 61.8 Å². The van der Waals surface area contributed by atoms with Crippen LogP contribution in [0.5, 0.6) is 5.88 Å². The van der Waals surface area contributed by atoms with Crippen molar-refractivity contribution in [1.29, 1.82) is 10.5 Å². The second kappa shape index (κ2) is 18.3. The van der Waals surface area contributed by atoms with E-state index in [0.717, 1.165) is 36.8 Å². The predicted octanol–water partition coefficient (Wildman–Crippen LogP) is 5.03. The molecule has 0 saturated carbocycles. The van der Waals surface area contributed by atoms with Crippen LogP contribution in [0.3, 0.4) is 0 Å². The first-order chi connectivity index (χ1) is 25.1. The molecule has 0 aliphatic carbocycles. The van der Waals surface area contributed by atoms with Crippen molar-refractivity contribution < 1.29 is 9.84 Å². The van der Waals surface area contributed by atoms with Crippen molar-refractivity contribution in [3.63, 3.8) is 0 Å². The number of nitrogens with zero attached hydrogens (tertiary/aromatic N) is 13. The number of aromatic nitrogens is 11. The highest BCUT2D eigenvalue weighted by Crippen LogP contribution is 2.27. The Morgan fingerprint density at radius 3 is 1.80 bits per heavy atom. The van der Waals surface area contributed by atoms with Crippen molar-refractivity contribution in [1.82, 2.24) is 54.7 Å². The van der Waals surface area contributed by atoms with Crippen LogP contribution in [0.25, 0.3) is 27.9 Å². The number of hydrogen-bond acceptors (Lipinski definition) is 12. The van der Waals surface area contributed by atoms with Gasteiger partial charge in [-0.15, -0.1) is 15.3 Å². The van der Waals surface area contributed by atoms with Gasteiger partial charge in [0, 0.05) is 32.1 Å². The van der Waals surface area contributed by atoms with Gasteiger partial charge in [-0.1, -0.05) is 92.5 Å². The molecule has 0 atom stereocenters. The van der Waals surface area contributed by atoms with Crippen molar-refractivity contribution in [3.05, 3.63) is 108 Å². The van der Waals surface area contributed by atoms with Crippen LogP contribution in [-0.2, 0) is 13.1 Å². The topological polar surface area (TPSA) is 195 Å². The molecule has 51 heavy (non-hydrogen) atoms. The summed E-state index contributed by atoms with van der Waals surface area (Å²) in [6, 6.07) is 24.3. The van der Waals surface area contributed by atoms with Gasteiger partial charge < -0.3 is 19.0 Å². The highest BCUT2D eigenvalue weighted by molar-refractivity contribution is 5.89. The van der Waals surface area contributed by atoms with Crippen molar-refractivity contribution in [2.75, 3.05) is 13.2 Å². The fourth-order valence-electron chi connectivity index (χ4n) is 5.07. The third-order valence-corrected chi connectivity index (χ3v) is 7.61. The number of unbranched alkanes of at least 4 members (excludes halogenated alkanes) is 2. The lowest BCUT2D eigenvalue weighted by atomic mass is 10.2.